The van der Waals surface area contributed by atoms with E-state index in [0.29, 0.717) is 19.1 Å². The van der Waals surface area contributed by atoms with Crippen LogP contribution in [-0.4, -0.2) is 36.5 Å². The van der Waals surface area contributed by atoms with Gasteiger partial charge in [-0.25, -0.2) is 0 Å². The number of azide groups is 1. The molecule has 1 aromatic carbocycles. The highest BCUT2D eigenvalue weighted by Gasteiger charge is 2.33. The molecule has 2 heterocycles. The third kappa shape index (κ3) is 2.86. The van der Waals surface area contributed by atoms with Gasteiger partial charge in [0.25, 0.3) is 5.91 Å². The molecule has 1 aromatic rings. The highest BCUT2D eigenvalue weighted by Crippen LogP contribution is 2.27. The standard InChI is InChI=1S/C15H19N5O/c16-19-18-7-5-11-3-4-14-12(8-11)10-20(15(14)21)13-2-1-6-17-9-13/h3-4,8,13,17H,1-2,5-7,9-10H2. The molecular formula is C15H19N5O. The predicted molar refractivity (Wildman–Crippen MR) is 79.9 cm³/mol. The first kappa shape index (κ1) is 13.9. The summed E-state index contributed by atoms with van der Waals surface area (Å²) in [5.74, 6) is 0.153. The number of fused-ring (bicyclic) bond motifs is 1. The van der Waals surface area contributed by atoms with Gasteiger partial charge in [-0.2, -0.15) is 0 Å². The van der Waals surface area contributed by atoms with Gasteiger partial charge in [-0.05, 0) is 48.5 Å². The Kier molecular flexibility index (Phi) is 4.08. The van der Waals surface area contributed by atoms with Crippen LogP contribution in [0.4, 0.5) is 0 Å². The van der Waals surface area contributed by atoms with Gasteiger partial charge in [-0.1, -0.05) is 17.2 Å². The third-order valence-corrected chi connectivity index (χ3v) is 4.28. The molecule has 0 aromatic heterocycles. The molecule has 1 amide bonds. The first-order valence-corrected chi connectivity index (χ1v) is 7.44. The SMILES string of the molecule is [N-]=[N+]=NCCc1ccc2c(c1)CN(C1CCCNC1)C2=O. The molecule has 0 radical (unpaired) electrons. The molecule has 3 rings (SSSR count). The Morgan fingerprint density at radius 1 is 1.48 bits per heavy atom. The maximum Gasteiger partial charge on any atom is 0.254 e. The lowest BCUT2D eigenvalue weighted by Crippen LogP contribution is -2.46. The van der Waals surface area contributed by atoms with E-state index in [1.807, 2.05) is 17.0 Å². The lowest BCUT2D eigenvalue weighted by Gasteiger charge is -2.31. The van der Waals surface area contributed by atoms with Crippen molar-refractivity contribution in [3.8, 4) is 0 Å². The van der Waals surface area contributed by atoms with Crippen molar-refractivity contribution in [2.45, 2.75) is 31.8 Å². The highest BCUT2D eigenvalue weighted by molar-refractivity contribution is 5.98. The summed E-state index contributed by atoms with van der Waals surface area (Å²) in [6.45, 7) is 3.11. The summed E-state index contributed by atoms with van der Waals surface area (Å²) in [7, 11) is 0. The van der Waals surface area contributed by atoms with Crippen LogP contribution in [0.3, 0.4) is 0 Å². The van der Waals surface area contributed by atoms with Crippen LogP contribution < -0.4 is 5.32 Å². The monoisotopic (exact) mass is 285 g/mol. The van der Waals surface area contributed by atoms with Crippen LogP contribution in [0.25, 0.3) is 10.4 Å². The van der Waals surface area contributed by atoms with Crippen molar-refractivity contribution >= 4 is 5.91 Å². The van der Waals surface area contributed by atoms with Crippen LogP contribution in [0, 0.1) is 0 Å². The van der Waals surface area contributed by atoms with Crippen molar-refractivity contribution in [3.63, 3.8) is 0 Å². The fraction of sp³-hybridized carbons (Fsp3) is 0.533. The molecule has 110 valence electrons. The Morgan fingerprint density at radius 2 is 2.38 bits per heavy atom. The Labute approximate surface area is 123 Å². The molecular weight excluding hydrogens is 266 g/mol. The van der Waals surface area contributed by atoms with E-state index in [4.69, 9.17) is 5.53 Å². The van der Waals surface area contributed by atoms with Crippen LogP contribution in [0.15, 0.2) is 23.3 Å². The molecule has 21 heavy (non-hydrogen) atoms. The summed E-state index contributed by atoms with van der Waals surface area (Å²) in [5.41, 5.74) is 11.4. The quantitative estimate of drug-likeness (QED) is 0.523. The number of hydrogen-bond acceptors (Lipinski definition) is 3. The van der Waals surface area contributed by atoms with E-state index < -0.39 is 0 Å². The zero-order valence-electron chi connectivity index (χ0n) is 12.0. The van der Waals surface area contributed by atoms with Crippen LogP contribution >= 0.6 is 0 Å². The average molecular weight is 285 g/mol. The van der Waals surface area contributed by atoms with Crippen molar-refractivity contribution < 1.29 is 4.79 Å². The molecule has 6 nitrogen and oxygen atoms in total. The van der Waals surface area contributed by atoms with Crippen LogP contribution in [0.2, 0.25) is 0 Å². The van der Waals surface area contributed by atoms with Crippen molar-refractivity contribution in [2.24, 2.45) is 5.11 Å². The van der Waals surface area contributed by atoms with E-state index in [0.717, 1.165) is 49.0 Å². The summed E-state index contributed by atoms with van der Waals surface area (Å²) >= 11 is 0. The Bertz CT molecular complexity index is 588. The number of amides is 1. The van der Waals surface area contributed by atoms with E-state index in [2.05, 4.69) is 21.4 Å². The largest absolute Gasteiger partial charge is 0.330 e. The second kappa shape index (κ2) is 6.16. The molecule has 2 aliphatic heterocycles. The minimum absolute atomic E-state index is 0.153. The lowest BCUT2D eigenvalue weighted by molar-refractivity contribution is 0.0674. The zero-order valence-corrected chi connectivity index (χ0v) is 12.0. The van der Waals surface area contributed by atoms with Gasteiger partial charge in [0.2, 0.25) is 0 Å². The maximum atomic E-state index is 12.5. The number of nitrogens with one attached hydrogen (secondary N) is 1. The van der Waals surface area contributed by atoms with Crippen molar-refractivity contribution in [2.75, 3.05) is 19.6 Å². The molecule has 1 atom stereocenters. The number of carbonyl (C=O) groups is 1. The van der Waals surface area contributed by atoms with Crippen molar-refractivity contribution in [1.82, 2.24) is 10.2 Å². The van der Waals surface area contributed by atoms with Crippen LogP contribution in [0.5, 0.6) is 0 Å². The van der Waals surface area contributed by atoms with Gasteiger partial charge in [0, 0.05) is 36.2 Å². The maximum absolute atomic E-state index is 12.5. The number of piperidine rings is 1. The number of benzene rings is 1. The Hall–Kier alpha value is -2.04. The highest BCUT2D eigenvalue weighted by atomic mass is 16.2. The lowest BCUT2D eigenvalue weighted by atomic mass is 10.0. The fourth-order valence-electron chi connectivity index (χ4n) is 3.17. The Balaban J connectivity index is 1.74. The summed E-state index contributed by atoms with van der Waals surface area (Å²) in [6, 6.07) is 6.27. The van der Waals surface area contributed by atoms with Gasteiger partial charge in [-0.15, -0.1) is 0 Å². The van der Waals surface area contributed by atoms with E-state index >= 15 is 0 Å². The molecule has 0 aliphatic carbocycles. The zero-order chi connectivity index (χ0) is 14.7. The van der Waals surface area contributed by atoms with Crippen molar-refractivity contribution in [1.29, 1.82) is 0 Å². The van der Waals surface area contributed by atoms with Gasteiger partial charge in [0.05, 0.1) is 0 Å². The molecule has 1 fully saturated rings. The molecule has 0 spiro atoms. The Morgan fingerprint density at radius 3 is 3.14 bits per heavy atom. The summed E-state index contributed by atoms with van der Waals surface area (Å²) in [5, 5.41) is 6.92. The normalized spacial score (nSPS) is 21.0. The van der Waals surface area contributed by atoms with E-state index in [1.54, 1.807) is 0 Å². The predicted octanol–water partition coefficient (Wildman–Crippen LogP) is 2.25. The fourth-order valence-corrected chi connectivity index (χ4v) is 3.17. The van der Waals surface area contributed by atoms with Crippen LogP contribution in [-0.2, 0) is 13.0 Å². The first-order chi connectivity index (χ1) is 10.3. The number of nitrogens with zero attached hydrogens (tertiary/aromatic N) is 4. The molecule has 0 bridgehead atoms. The number of rotatable bonds is 4. The number of carbonyl (C=O) groups excluding carboxylic acids is 1. The number of hydrogen-bond donors (Lipinski definition) is 1. The van der Waals surface area contributed by atoms with E-state index in [9.17, 15) is 4.79 Å². The van der Waals surface area contributed by atoms with Gasteiger partial charge in [0.1, 0.15) is 0 Å². The van der Waals surface area contributed by atoms with Crippen LogP contribution in [0.1, 0.15) is 34.3 Å². The second-order valence-corrected chi connectivity index (χ2v) is 5.63. The third-order valence-electron chi connectivity index (χ3n) is 4.28. The van der Waals surface area contributed by atoms with Crippen molar-refractivity contribution in [3.05, 3.63) is 45.3 Å². The summed E-state index contributed by atoms with van der Waals surface area (Å²) in [4.78, 5) is 17.3. The molecule has 1 unspecified atom stereocenters. The molecule has 2 aliphatic rings. The van der Waals surface area contributed by atoms with E-state index in [1.165, 1.54) is 0 Å². The molecule has 6 heteroatoms. The minimum atomic E-state index is 0.153. The molecule has 1 N–H and O–H groups in total. The second-order valence-electron chi connectivity index (χ2n) is 5.63. The molecule has 0 saturated carbocycles. The summed E-state index contributed by atoms with van der Waals surface area (Å²) in [6.07, 6.45) is 2.93. The van der Waals surface area contributed by atoms with E-state index in [-0.39, 0.29) is 5.91 Å². The van der Waals surface area contributed by atoms with Gasteiger partial charge in [-0.3, -0.25) is 4.79 Å². The average Bonchev–Trinajstić information content (AvgIpc) is 2.85. The van der Waals surface area contributed by atoms with Gasteiger partial charge < -0.3 is 10.2 Å². The minimum Gasteiger partial charge on any atom is -0.330 e. The molecule has 1 saturated heterocycles. The smallest absolute Gasteiger partial charge is 0.254 e. The first-order valence-electron chi connectivity index (χ1n) is 7.44. The van der Waals surface area contributed by atoms with Gasteiger partial charge >= 0.3 is 0 Å². The van der Waals surface area contributed by atoms with Gasteiger partial charge in [0.15, 0.2) is 0 Å². The summed E-state index contributed by atoms with van der Waals surface area (Å²) < 4.78 is 0. The topological polar surface area (TPSA) is 81.1 Å².